The van der Waals surface area contributed by atoms with Crippen molar-refractivity contribution in [3.05, 3.63) is 40.7 Å². The number of anilines is 1. The molecule has 2 rings (SSSR count). The van der Waals surface area contributed by atoms with Crippen molar-refractivity contribution in [1.29, 1.82) is 0 Å². The predicted octanol–water partition coefficient (Wildman–Crippen LogP) is 2.33. The molecule has 2 unspecified atom stereocenters. The van der Waals surface area contributed by atoms with Gasteiger partial charge in [-0.2, -0.15) is 0 Å². The van der Waals surface area contributed by atoms with Crippen LogP contribution in [0.3, 0.4) is 0 Å². The molecule has 11 heteroatoms. The van der Waals surface area contributed by atoms with Crippen LogP contribution in [0.15, 0.2) is 29.3 Å². The summed E-state index contributed by atoms with van der Waals surface area (Å²) in [7, 11) is -4.52. The van der Waals surface area contributed by atoms with E-state index in [0.717, 1.165) is 0 Å². The minimum Gasteiger partial charge on any atom is -0.481 e. The number of carboxylic acids is 1. The number of nitrogens with zero attached hydrogens (tertiary/aromatic N) is 2. The highest BCUT2D eigenvalue weighted by atomic mass is 35.5. The molecule has 1 aromatic heterocycles. The van der Waals surface area contributed by atoms with E-state index in [1.807, 2.05) is 4.72 Å². The van der Waals surface area contributed by atoms with E-state index in [0.29, 0.717) is 11.4 Å². The van der Waals surface area contributed by atoms with Gasteiger partial charge in [0.15, 0.2) is 0 Å². The number of rotatable bonds is 5. The van der Waals surface area contributed by atoms with Crippen LogP contribution in [0.2, 0.25) is 0 Å². The SMILES string of the molecule is Cc1cc(C)nc(NC(=O)NS(=O)(=O)C2C(Cl)=CC=CC2(C(=O)O)C(C)C)n1. The number of halogens is 1. The minimum absolute atomic E-state index is 0.0799. The zero-order valence-corrected chi connectivity index (χ0v) is 17.3. The first-order chi connectivity index (χ1) is 12.9. The van der Waals surface area contributed by atoms with Crippen molar-refractivity contribution >= 4 is 39.6 Å². The van der Waals surface area contributed by atoms with Crippen LogP contribution in [-0.4, -0.2) is 40.7 Å². The van der Waals surface area contributed by atoms with Gasteiger partial charge in [-0.1, -0.05) is 37.6 Å². The Kier molecular flexibility index (Phi) is 6.15. The van der Waals surface area contributed by atoms with Gasteiger partial charge in [0.05, 0.1) is 0 Å². The highest BCUT2D eigenvalue weighted by molar-refractivity contribution is 7.91. The summed E-state index contributed by atoms with van der Waals surface area (Å²) < 4.78 is 27.7. The zero-order valence-electron chi connectivity index (χ0n) is 15.7. The second-order valence-electron chi connectivity index (χ2n) is 6.76. The molecular formula is C17H21ClN4O5S. The standard InChI is InChI=1S/C17H21ClN4O5S/c1-9(2)17(14(23)24)7-5-6-12(18)13(17)28(26,27)22-16(25)21-15-19-10(3)8-11(4)20-15/h5-9,13H,1-4H3,(H,23,24)(H2,19,20,21,22,25). The topological polar surface area (TPSA) is 138 Å². The maximum atomic E-state index is 12.9. The van der Waals surface area contributed by atoms with Crippen LogP contribution in [0.5, 0.6) is 0 Å². The van der Waals surface area contributed by atoms with E-state index >= 15 is 0 Å². The normalized spacial score (nSPS) is 21.9. The largest absolute Gasteiger partial charge is 0.481 e. The second-order valence-corrected chi connectivity index (χ2v) is 8.96. The summed E-state index contributed by atoms with van der Waals surface area (Å²) in [5, 5.41) is 10.1. The molecule has 3 N–H and O–H groups in total. The number of aryl methyl sites for hydroxylation is 2. The molecule has 1 aliphatic rings. The Labute approximate surface area is 168 Å². The number of carboxylic acid groups (broad SMARTS) is 1. The molecule has 0 saturated carbocycles. The number of hydrogen-bond acceptors (Lipinski definition) is 6. The molecule has 2 amide bonds. The molecule has 9 nitrogen and oxygen atoms in total. The van der Waals surface area contributed by atoms with E-state index in [2.05, 4.69) is 15.3 Å². The third-order valence-corrected chi connectivity index (χ3v) is 6.60. The summed E-state index contributed by atoms with van der Waals surface area (Å²) in [5.74, 6) is -2.07. The Balaban J connectivity index is 2.35. The van der Waals surface area contributed by atoms with Crippen LogP contribution in [0, 0.1) is 25.2 Å². The van der Waals surface area contributed by atoms with Gasteiger partial charge in [0.1, 0.15) is 10.7 Å². The molecule has 0 saturated heterocycles. The third-order valence-electron chi connectivity index (χ3n) is 4.39. The number of urea groups is 1. The van der Waals surface area contributed by atoms with Gasteiger partial charge >= 0.3 is 12.0 Å². The van der Waals surface area contributed by atoms with Crippen molar-refractivity contribution in [2.45, 2.75) is 32.9 Å². The second kappa shape index (κ2) is 7.88. The first-order valence-corrected chi connectivity index (χ1v) is 10.3. The molecule has 0 spiro atoms. The molecule has 0 bridgehead atoms. The van der Waals surface area contributed by atoms with Crippen LogP contribution in [-0.2, 0) is 14.8 Å². The lowest BCUT2D eigenvalue weighted by molar-refractivity contribution is -0.148. The van der Waals surface area contributed by atoms with Crippen LogP contribution in [0.25, 0.3) is 0 Å². The van der Waals surface area contributed by atoms with Gasteiger partial charge in [-0.05, 0) is 31.9 Å². The first kappa shape index (κ1) is 21.8. The van der Waals surface area contributed by atoms with E-state index < -0.39 is 38.6 Å². The van der Waals surface area contributed by atoms with E-state index in [1.165, 1.54) is 18.2 Å². The Morgan fingerprint density at radius 2 is 1.82 bits per heavy atom. The number of carbonyl (C=O) groups excluding carboxylic acids is 1. The van der Waals surface area contributed by atoms with Crippen molar-refractivity contribution in [2.75, 3.05) is 5.32 Å². The monoisotopic (exact) mass is 428 g/mol. The number of carbonyl (C=O) groups is 2. The molecule has 28 heavy (non-hydrogen) atoms. The van der Waals surface area contributed by atoms with Crippen molar-refractivity contribution in [3.63, 3.8) is 0 Å². The Hall–Kier alpha value is -2.46. The Bertz CT molecular complexity index is 954. The van der Waals surface area contributed by atoms with Gasteiger partial charge in [0.2, 0.25) is 16.0 Å². The number of amides is 2. The van der Waals surface area contributed by atoms with Gasteiger partial charge in [-0.3, -0.25) is 10.1 Å². The molecule has 152 valence electrons. The molecule has 1 heterocycles. The highest BCUT2D eigenvalue weighted by Gasteiger charge is 2.55. The summed E-state index contributed by atoms with van der Waals surface area (Å²) in [5.41, 5.74) is -0.675. The smallest absolute Gasteiger partial charge is 0.335 e. The quantitative estimate of drug-likeness (QED) is 0.654. The molecule has 0 aliphatic heterocycles. The van der Waals surface area contributed by atoms with Crippen LogP contribution >= 0.6 is 11.6 Å². The summed E-state index contributed by atoms with van der Waals surface area (Å²) in [6.07, 6.45) is 3.96. The number of nitrogens with one attached hydrogen (secondary N) is 2. The summed E-state index contributed by atoms with van der Waals surface area (Å²) in [6.45, 7) is 6.52. The third kappa shape index (κ3) is 4.17. The Morgan fingerprint density at radius 3 is 2.32 bits per heavy atom. The van der Waals surface area contributed by atoms with Crippen molar-refractivity contribution in [3.8, 4) is 0 Å². The lowest BCUT2D eigenvalue weighted by Crippen LogP contribution is -2.54. The average molecular weight is 429 g/mol. The molecule has 1 aromatic rings. The van der Waals surface area contributed by atoms with Gasteiger partial charge in [-0.15, -0.1) is 0 Å². The first-order valence-electron chi connectivity index (χ1n) is 8.33. The molecule has 2 atom stereocenters. The maximum absolute atomic E-state index is 12.9. The Morgan fingerprint density at radius 1 is 1.25 bits per heavy atom. The van der Waals surface area contributed by atoms with E-state index in [-0.39, 0.29) is 11.0 Å². The summed E-state index contributed by atoms with van der Waals surface area (Å²) >= 11 is 6.10. The lowest BCUT2D eigenvalue weighted by Gasteiger charge is -2.38. The molecule has 1 aliphatic carbocycles. The summed E-state index contributed by atoms with van der Waals surface area (Å²) in [4.78, 5) is 32.3. The number of aromatic nitrogens is 2. The maximum Gasteiger partial charge on any atom is 0.335 e. The van der Waals surface area contributed by atoms with Crippen LogP contribution < -0.4 is 10.0 Å². The predicted molar refractivity (Wildman–Crippen MR) is 104 cm³/mol. The van der Waals surface area contributed by atoms with Gasteiger partial charge < -0.3 is 5.11 Å². The molecular weight excluding hydrogens is 408 g/mol. The minimum atomic E-state index is -4.52. The average Bonchev–Trinajstić information content (AvgIpc) is 2.51. The van der Waals surface area contributed by atoms with Crippen LogP contribution in [0.1, 0.15) is 25.2 Å². The fraction of sp³-hybridized carbons (Fsp3) is 0.412. The van der Waals surface area contributed by atoms with E-state index in [4.69, 9.17) is 11.6 Å². The van der Waals surface area contributed by atoms with Gasteiger partial charge in [0.25, 0.3) is 0 Å². The number of allylic oxidation sites excluding steroid dienone is 2. The van der Waals surface area contributed by atoms with Gasteiger partial charge in [-0.25, -0.2) is 27.9 Å². The fourth-order valence-corrected chi connectivity index (χ4v) is 5.50. The number of aliphatic carboxylic acids is 1. The van der Waals surface area contributed by atoms with Crippen molar-refractivity contribution < 1.29 is 23.1 Å². The molecule has 0 fully saturated rings. The number of hydrogen-bond donors (Lipinski definition) is 3. The highest BCUT2D eigenvalue weighted by Crippen LogP contribution is 2.44. The summed E-state index contributed by atoms with van der Waals surface area (Å²) in [6, 6.07) is 0.565. The van der Waals surface area contributed by atoms with E-state index in [9.17, 15) is 23.1 Å². The van der Waals surface area contributed by atoms with E-state index in [1.54, 1.807) is 33.8 Å². The van der Waals surface area contributed by atoms with Crippen molar-refractivity contribution in [2.24, 2.45) is 11.3 Å². The number of sulfonamides is 1. The van der Waals surface area contributed by atoms with Crippen LogP contribution in [0.4, 0.5) is 10.7 Å². The molecule has 0 aromatic carbocycles. The zero-order chi connectivity index (χ0) is 21.3. The van der Waals surface area contributed by atoms with Gasteiger partial charge in [0, 0.05) is 16.4 Å². The molecule has 0 radical (unpaired) electrons. The lowest BCUT2D eigenvalue weighted by atomic mass is 9.72. The van der Waals surface area contributed by atoms with Crippen molar-refractivity contribution in [1.82, 2.24) is 14.7 Å². The fourth-order valence-electron chi connectivity index (χ4n) is 3.13.